The molecule has 1 aromatic heterocycles. The van der Waals surface area contributed by atoms with Crippen LogP contribution in [0, 0.1) is 0 Å². The molecule has 9 nitrogen and oxygen atoms in total. The molecule has 0 aliphatic rings. The van der Waals surface area contributed by atoms with E-state index in [2.05, 4.69) is 15.4 Å². The topological polar surface area (TPSA) is 145 Å². The summed E-state index contributed by atoms with van der Waals surface area (Å²) in [5.74, 6) is 5.92. The molecule has 0 aliphatic heterocycles. The molecule has 0 saturated heterocycles. The van der Waals surface area contributed by atoms with Crippen molar-refractivity contribution in [2.24, 2.45) is 5.84 Å². The Hall–Kier alpha value is -3.85. The SMILES string of the molecule is CCOC(=O)c1ccc(-c2ccc(-c3nc(NN)c(N)c(=O)[nH]3)c(OCC)c2)cc1. The number of hydrogen-bond acceptors (Lipinski definition) is 8. The molecule has 0 amide bonds. The van der Waals surface area contributed by atoms with Gasteiger partial charge < -0.3 is 25.6 Å². The molecule has 0 saturated carbocycles. The molecule has 6 N–H and O–H groups in total. The number of rotatable bonds is 7. The van der Waals surface area contributed by atoms with Gasteiger partial charge in [0.1, 0.15) is 17.3 Å². The summed E-state index contributed by atoms with van der Waals surface area (Å²) in [6, 6.07) is 12.6. The van der Waals surface area contributed by atoms with Crippen molar-refractivity contribution in [1.29, 1.82) is 0 Å². The van der Waals surface area contributed by atoms with E-state index in [-0.39, 0.29) is 23.3 Å². The summed E-state index contributed by atoms with van der Waals surface area (Å²) in [4.78, 5) is 30.8. The molecule has 0 atom stereocenters. The van der Waals surface area contributed by atoms with Crippen molar-refractivity contribution in [2.75, 3.05) is 24.4 Å². The molecule has 0 bridgehead atoms. The number of nitrogens with zero attached hydrogens (tertiary/aromatic N) is 1. The highest BCUT2D eigenvalue weighted by molar-refractivity contribution is 5.90. The Morgan fingerprint density at radius 3 is 2.43 bits per heavy atom. The smallest absolute Gasteiger partial charge is 0.338 e. The number of nitrogens with one attached hydrogen (secondary N) is 2. The third-order valence-corrected chi connectivity index (χ3v) is 4.36. The zero-order chi connectivity index (χ0) is 21.7. The van der Waals surface area contributed by atoms with Crippen LogP contribution in [0.3, 0.4) is 0 Å². The number of anilines is 2. The van der Waals surface area contributed by atoms with Crippen molar-refractivity contribution in [3.05, 3.63) is 58.4 Å². The Morgan fingerprint density at radius 1 is 1.10 bits per heavy atom. The van der Waals surface area contributed by atoms with Crippen molar-refractivity contribution in [3.63, 3.8) is 0 Å². The lowest BCUT2D eigenvalue weighted by molar-refractivity contribution is 0.0526. The number of hydrogen-bond donors (Lipinski definition) is 4. The highest BCUT2D eigenvalue weighted by Crippen LogP contribution is 2.33. The molecule has 2 aromatic carbocycles. The number of nitrogens with two attached hydrogens (primary N) is 2. The number of ether oxygens (including phenoxy) is 2. The summed E-state index contributed by atoms with van der Waals surface area (Å²) in [7, 11) is 0. The van der Waals surface area contributed by atoms with E-state index in [1.54, 1.807) is 25.1 Å². The molecular formula is C21H23N5O4. The fraction of sp³-hybridized carbons (Fsp3) is 0.190. The lowest BCUT2D eigenvalue weighted by Crippen LogP contribution is -2.20. The van der Waals surface area contributed by atoms with E-state index in [9.17, 15) is 9.59 Å². The normalized spacial score (nSPS) is 10.5. The van der Waals surface area contributed by atoms with E-state index in [0.29, 0.717) is 30.1 Å². The van der Waals surface area contributed by atoms with Gasteiger partial charge in [-0.05, 0) is 49.2 Å². The van der Waals surface area contributed by atoms with Gasteiger partial charge in [0.2, 0.25) is 0 Å². The van der Waals surface area contributed by atoms with Crippen molar-refractivity contribution >= 4 is 17.5 Å². The molecule has 0 unspecified atom stereocenters. The molecule has 3 rings (SSSR count). The zero-order valence-electron chi connectivity index (χ0n) is 16.7. The Bertz CT molecular complexity index is 1110. The summed E-state index contributed by atoms with van der Waals surface area (Å²) < 4.78 is 10.8. The lowest BCUT2D eigenvalue weighted by Gasteiger charge is -2.13. The van der Waals surface area contributed by atoms with E-state index in [4.69, 9.17) is 21.1 Å². The van der Waals surface area contributed by atoms with Crippen LogP contribution in [-0.2, 0) is 4.74 Å². The standard InChI is InChI=1S/C21H23N5O4/c1-3-29-16-11-14(12-5-7-13(8-6-12)21(28)30-4-2)9-10-15(16)18-24-19(26-23)17(22)20(27)25-18/h5-11H,3-4,22-23H2,1-2H3,(H2,24,25,26,27). The maximum atomic E-state index is 12.1. The third kappa shape index (κ3) is 4.26. The van der Waals surface area contributed by atoms with Crippen LogP contribution in [0.15, 0.2) is 47.3 Å². The van der Waals surface area contributed by atoms with E-state index in [1.165, 1.54) is 0 Å². The monoisotopic (exact) mass is 409 g/mol. The number of hydrazine groups is 1. The summed E-state index contributed by atoms with van der Waals surface area (Å²) in [5, 5.41) is 0. The molecule has 9 heteroatoms. The van der Waals surface area contributed by atoms with Gasteiger partial charge in [0, 0.05) is 0 Å². The molecule has 1 heterocycles. The van der Waals surface area contributed by atoms with Crippen LogP contribution in [0.2, 0.25) is 0 Å². The molecule has 0 radical (unpaired) electrons. The van der Waals surface area contributed by atoms with Gasteiger partial charge in [0.15, 0.2) is 5.82 Å². The zero-order valence-corrected chi connectivity index (χ0v) is 16.7. The Kier molecular flexibility index (Phi) is 6.33. The van der Waals surface area contributed by atoms with Crippen molar-refractivity contribution in [1.82, 2.24) is 9.97 Å². The first-order chi connectivity index (χ1) is 14.5. The summed E-state index contributed by atoms with van der Waals surface area (Å²) in [6.07, 6.45) is 0. The van der Waals surface area contributed by atoms with Crippen LogP contribution in [-0.4, -0.2) is 29.2 Å². The van der Waals surface area contributed by atoms with Crippen molar-refractivity contribution in [2.45, 2.75) is 13.8 Å². The summed E-state index contributed by atoms with van der Waals surface area (Å²) in [6.45, 7) is 4.36. The van der Waals surface area contributed by atoms with Gasteiger partial charge in [0.25, 0.3) is 5.56 Å². The first kappa shape index (κ1) is 20.9. The second-order valence-electron chi connectivity index (χ2n) is 6.26. The number of nitrogen functional groups attached to an aromatic ring is 2. The number of carbonyl (C=O) groups excluding carboxylic acids is 1. The number of H-pyrrole nitrogens is 1. The molecule has 0 fully saturated rings. The summed E-state index contributed by atoms with van der Waals surface area (Å²) in [5.41, 5.74) is 10.2. The number of esters is 1. The minimum atomic E-state index is -0.506. The van der Waals surface area contributed by atoms with E-state index >= 15 is 0 Å². The average molecular weight is 409 g/mol. The van der Waals surface area contributed by atoms with Gasteiger partial charge in [-0.15, -0.1) is 0 Å². The van der Waals surface area contributed by atoms with E-state index in [0.717, 1.165) is 11.1 Å². The van der Waals surface area contributed by atoms with Crippen molar-refractivity contribution < 1.29 is 14.3 Å². The quantitative estimate of drug-likeness (QED) is 0.265. The maximum absolute atomic E-state index is 12.1. The fourth-order valence-electron chi connectivity index (χ4n) is 2.91. The fourth-order valence-corrected chi connectivity index (χ4v) is 2.91. The highest BCUT2D eigenvalue weighted by atomic mass is 16.5. The minimum absolute atomic E-state index is 0.0785. The largest absolute Gasteiger partial charge is 0.493 e. The van der Waals surface area contributed by atoms with Crippen LogP contribution in [0.5, 0.6) is 5.75 Å². The highest BCUT2D eigenvalue weighted by Gasteiger charge is 2.15. The van der Waals surface area contributed by atoms with Gasteiger partial charge in [0.05, 0.1) is 24.3 Å². The van der Waals surface area contributed by atoms with Gasteiger partial charge in [-0.25, -0.2) is 15.6 Å². The number of carbonyl (C=O) groups is 1. The van der Waals surface area contributed by atoms with Gasteiger partial charge in [-0.3, -0.25) is 4.79 Å². The van der Waals surface area contributed by atoms with Gasteiger partial charge >= 0.3 is 5.97 Å². The minimum Gasteiger partial charge on any atom is -0.493 e. The predicted molar refractivity (Wildman–Crippen MR) is 115 cm³/mol. The molecule has 30 heavy (non-hydrogen) atoms. The summed E-state index contributed by atoms with van der Waals surface area (Å²) >= 11 is 0. The van der Waals surface area contributed by atoms with Crippen LogP contribution >= 0.6 is 0 Å². The predicted octanol–water partition coefficient (Wildman–Crippen LogP) is 2.55. The van der Waals surface area contributed by atoms with Crippen molar-refractivity contribution in [3.8, 4) is 28.3 Å². The Morgan fingerprint density at radius 2 is 1.80 bits per heavy atom. The second-order valence-corrected chi connectivity index (χ2v) is 6.26. The first-order valence-electron chi connectivity index (χ1n) is 9.39. The first-order valence-corrected chi connectivity index (χ1v) is 9.39. The van der Waals surface area contributed by atoms with Crippen LogP contribution in [0.1, 0.15) is 24.2 Å². The third-order valence-electron chi connectivity index (χ3n) is 4.36. The van der Waals surface area contributed by atoms with Gasteiger partial charge in [-0.2, -0.15) is 0 Å². The lowest BCUT2D eigenvalue weighted by atomic mass is 10.0. The molecule has 0 aliphatic carbocycles. The number of aromatic nitrogens is 2. The Balaban J connectivity index is 2.01. The second kappa shape index (κ2) is 9.10. The molecular weight excluding hydrogens is 386 g/mol. The number of benzene rings is 2. The maximum Gasteiger partial charge on any atom is 0.338 e. The molecule has 156 valence electrons. The van der Waals surface area contributed by atoms with Crippen LogP contribution < -0.4 is 27.3 Å². The Labute approximate surface area is 173 Å². The van der Waals surface area contributed by atoms with E-state index in [1.807, 2.05) is 31.2 Å². The van der Waals surface area contributed by atoms with Crippen LogP contribution in [0.4, 0.5) is 11.5 Å². The van der Waals surface area contributed by atoms with Gasteiger partial charge in [-0.1, -0.05) is 18.2 Å². The number of aromatic amines is 1. The molecule has 3 aromatic rings. The molecule has 0 spiro atoms. The average Bonchev–Trinajstić information content (AvgIpc) is 2.76. The van der Waals surface area contributed by atoms with Crippen LogP contribution in [0.25, 0.3) is 22.5 Å². The van der Waals surface area contributed by atoms with E-state index < -0.39 is 5.56 Å².